The van der Waals surface area contributed by atoms with Crippen molar-refractivity contribution in [1.82, 2.24) is 15.3 Å². The van der Waals surface area contributed by atoms with Crippen LogP contribution in [0, 0.1) is 0 Å². The van der Waals surface area contributed by atoms with E-state index in [9.17, 15) is 9.59 Å². The molecule has 2 rings (SSSR count). The second kappa shape index (κ2) is 8.05. The number of pyridine rings is 2. The number of amides is 3. The first-order chi connectivity index (χ1) is 11.5. The molecule has 2 aromatic rings. The Labute approximate surface area is 141 Å². The zero-order valence-electron chi connectivity index (χ0n) is 14.0. The number of carbonyl (C=O) groups is 2. The number of hydrogen-bond acceptors (Lipinski definition) is 4. The van der Waals surface area contributed by atoms with Crippen LogP contribution < -0.4 is 15.5 Å². The summed E-state index contributed by atoms with van der Waals surface area (Å²) < 4.78 is 0. The standard InChI is InChI=1S/C17H21N5O2/c1-12(9-14-5-4-8-18-10-14)20-17(24)21-15-6-7-16(19-11-15)22(3)13(2)23/h4-8,10-12H,9H2,1-3H3,(H2,20,21,24). The molecule has 2 aromatic heterocycles. The van der Waals surface area contributed by atoms with Crippen molar-refractivity contribution >= 4 is 23.4 Å². The van der Waals surface area contributed by atoms with Crippen molar-refractivity contribution in [2.24, 2.45) is 0 Å². The molecule has 0 spiro atoms. The van der Waals surface area contributed by atoms with E-state index in [4.69, 9.17) is 0 Å². The second-order valence-electron chi connectivity index (χ2n) is 5.55. The number of urea groups is 1. The summed E-state index contributed by atoms with van der Waals surface area (Å²) in [5.74, 6) is 0.420. The average molecular weight is 327 g/mol. The molecule has 0 saturated carbocycles. The van der Waals surface area contributed by atoms with Gasteiger partial charge in [-0.05, 0) is 37.1 Å². The summed E-state index contributed by atoms with van der Waals surface area (Å²) in [6.45, 7) is 3.39. The molecule has 1 atom stereocenters. The third-order valence-corrected chi connectivity index (χ3v) is 3.46. The molecule has 0 aliphatic heterocycles. The molecule has 0 aliphatic rings. The molecule has 0 aromatic carbocycles. The summed E-state index contributed by atoms with van der Waals surface area (Å²) in [6, 6.07) is 6.87. The Balaban J connectivity index is 1.86. The van der Waals surface area contributed by atoms with Gasteiger partial charge in [-0.15, -0.1) is 0 Å². The molecule has 7 nitrogen and oxygen atoms in total. The van der Waals surface area contributed by atoms with Crippen LogP contribution in [0.2, 0.25) is 0 Å². The van der Waals surface area contributed by atoms with Crippen LogP contribution in [-0.2, 0) is 11.2 Å². The number of nitrogens with zero attached hydrogens (tertiary/aromatic N) is 3. The molecule has 2 N–H and O–H groups in total. The van der Waals surface area contributed by atoms with Crippen LogP contribution >= 0.6 is 0 Å². The van der Waals surface area contributed by atoms with E-state index in [0.717, 1.165) is 5.56 Å². The van der Waals surface area contributed by atoms with E-state index in [0.29, 0.717) is 17.9 Å². The fraction of sp³-hybridized carbons (Fsp3) is 0.294. The van der Waals surface area contributed by atoms with E-state index in [-0.39, 0.29) is 18.0 Å². The minimum atomic E-state index is -0.305. The zero-order chi connectivity index (χ0) is 17.5. The quantitative estimate of drug-likeness (QED) is 0.881. The zero-order valence-corrected chi connectivity index (χ0v) is 14.0. The Morgan fingerprint density at radius 2 is 2.04 bits per heavy atom. The molecule has 2 heterocycles. The van der Waals surface area contributed by atoms with E-state index in [1.807, 2.05) is 19.1 Å². The molecule has 0 bridgehead atoms. The van der Waals surface area contributed by atoms with Crippen molar-refractivity contribution in [3.63, 3.8) is 0 Å². The Morgan fingerprint density at radius 1 is 1.25 bits per heavy atom. The lowest BCUT2D eigenvalue weighted by molar-refractivity contribution is -0.116. The highest BCUT2D eigenvalue weighted by molar-refractivity contribution is 5.91. The van der Waals surface area contributed by atoms with Gasteiger partial charge in [0.2, 0.25) is 5.91 Å². The van der Waals surface area contributed by atoms with Gasteiger partial charge >= 0.3 is 6.03 Å². The van der Waals surface area contributed by atoms with Crippen LogP contribution in [0.25, 0.3) is 0 Å². The molecule has 0 radical (unpaired) electrons. The van der Waals surface area contributed by atoms with Crippen LogP contribution in [0.3, 0.4) is 0 Å². The molecule has 3 amide bonds. The van der Waals surface area contributed by atoms with Gasteiger partial charge in [-0.3, -0.25) is 9.78 Å². The smallest absolute Gasteiger partial charge is 0.319 e. The van der Waals surface area contributed by atoms with Crippen molar-refractivity contribution in [2.45, 2.75) is 26.3 Å². The molecule has 0 aliphatic carbocycles. The lowest BCUT2D eigenvalue weighted by Gasteiger charge is -2.16. The predicted octanol–water partition coefficient (Wildman–Crippen LogP) is 2.21. The third kappa shape index (κ3) is 5.05. The summed E-state index contributed by atoms with van der Waals surface area (Å²) in [7, 11) is 1.64. The molecule has 1 unspecified atom stereocenters. The largest absolute Gasteiger partial charge is 0.335 e. The number of hydrogen-bond donors (Lipinski definition) is 2. The van der Waals surface area contributed by atoms with Crippen molar-refractivity contribution in [1.29, 1.82) is 0 Å². The average Bonchev–Trinajstić information content (AvgIpc) is 2.55. The minimum Gasteiger partial charge on any atom is -0.335 e. The molecule has 24 heavy (non-hydrogen) atoms. The second-order valence-corrected chi connectivity index (χ2v) is 5.55. The topological polar surface area (TPSA) is 87.2 Å². The van der Waals surface area contributed by atoms with Crippen LogP contribution in [0.15, 0.2) is 42.9 Å². The number of carbonyl (C=O) groups excluding carboxylic acids is 2. The highest BCUT2D eigenvalue weighted by Crippen LogP contribution is 2.13. The van der Waals surface area contributed by atoms with Gasteiger partial charge in [0.25, 0.3) is 0 Å². The number of aromatic nitrogens is 2. The number of anilines is 2. The Kier molecular flexibility index (Phi) is 5.83. The molecule has 0 saturated heterocycles. The maximum atomic E-state index is 12.0. The fourth-order valence-corrected chi connectivity index (χ4v) is 2.13. The Hall–Kier alpha value is -2.96. The van der Waals surface area contributed by atoms with Gasteiger partial charge < -0.3 is 15.5 Å². The van der Waals surface area contributed by atoms with E-state index in [1.165, 1.54) is 18.0 Å². The van der Waals surface area contributed by atoms with Gasteiger partial charge in [0.1, 0.15) is 5.82 Å². The normalized spacial score (nSPS) is 11.5. The Bertz CT molecular complexity index is 688. The van der Waals surface area contributed by atoms with E-state index >= 15 is 0 Å². The van der Waals surface area contributed by atoms with Crippen molar-refractivity contribution < 1.29 is 9.59 Å². The lowest BCUT2D eigenvalue weighted by Crippen LogP contribution is -2.37. The van der Waals surface area contributed by atoms with E-state index in [2.05, 4.69) is 20.6 Å². The first-order valence-electron chi connectivity index (χ1n) is 7.62. The van der Waals surface area contributed by atoms with Gasteiger partial charge in [0.15, 0.2) is 0 Å². The Morgan fingerprint density at radius 3 is 2.62 bits per heavy atom. The summed E-state index contributed by atoms with van der Waals surface area (Å²) in [6.07, 6.45) is 5.71. The molecular weight excluding hydrogens is 306 g/mol. The van der Waals surface area contributed by atoms with Crippen LogP contribution in [-0.4, -0.2) is 35.0 Å². The summed E-state index contributed by atoms with van der Waals surface area (Å²) >= 11 is 0. The lowest BCUT2D eigenvalue weighted by atomic mass is 10.1. The van der Waals surface area contributed by atoms with Gasteiger partial charge in [-0.2, -0.15) is 0 Å². The minimum absolute atomic E-state index is 0.0368. The molecule has 0 fully saturated rings. The maximum Gasteiger partial charge on any atom is 0.319 e. The number of nitrogens with one attached hydrogen (secondary N) is 2. The van der Waals surface area contributed by atoms with Gasteiger partial charge in [-0.25, -0.2) is 9.78 Å². The first kappa shape index (κ1) is 17.4. The summed E-state index contributed by atoms with van der Waals surface area (Å²) in [5.41, 5.74) is 1.62. The molecular formula is C17H21N5O2. The van der Waals surface area contributed by atoms with Gasteiger partial charge in [0, 0.05) is 32.4 Å². The van der Waals surface area contributed by atoms with Crippen molar-refractivity contribution in [3.8, 4) is 0 Å². The predicted molar refractivity (Wildman–Crippen MR) is 92.9 cm³/mol. The highest BCUT2D eigenvalue weighted by atomic mass is 16.2. The van der Waals surface area contributed by atoms with Gasteiger partial charge in [-0.1, -0.05) is 6.07 Å². The molecule has 126 valence electrons. The van der Waals surface area contributed by atoms with E-state index < -0.39 is 0 Å². The maximum absolute atomic E-state index is 12.0. The first-order valence-corrected chi connectivity index (χ1v) is 7.62. The molecule has 7 heteroatoms. The van der Waals surface area contributed by atoms with Gasteiger partial charge in [0.05, 0.1) is 11.9 Å². The SMILES string of the molecule is CC(=O)N(C)c1ccc(NC(=O)NC(C)Cc2cccnc2)cn1. The van der Waals surface area contributed by atoms with E-state index in [1.54, 1.807) is 31.6 Å². The summed E-state index contributed by atoms with van der Waals surface area (Å²) in [4.78, 5) is 32.9. The van der Waals surface area contributed by atoms with Crippen molar-refractivity contribution in [2.75, 3.05) is 17.3 Å². The number of rotatable bonds is 5. The van der Waals surface area contributed by atoms with Crippen LogP contribution in [0.5, 0.6) is 0 Å². The summed E-state index contributed by atoms with van der Waals surface area (Å²) in [5, 5.41) is 5.58. The van der Waals surface area contributed by atoms with Crippen LogP contribution in [0.4, 0.5) is 16.3 Å². The third-order valence-electron chi connectivity index (χ3n) is 3.46. The monoisotopic (exact) mass is 327 g/mol. The highest BCUT2D eigenvalue weighted by Gasteiger charge is 2.10. The fourth-order valence-electron chi connectivity index (χ4n) is 2.13. The van der Waals surface area contributed by atoms with Crippen LogP contribution in [0.1, 0.15) is 19.4 Å². The van der Waals surface area contributed by atoms with Crippen molar-refractivity contribution in [3.05, 3.63) is 48.4 Å².